The molecule has 1 aliphatic rings. The summed E-state index contributed by atoms with van der Waals surface area (Å²) in [6.45, 7) is 4.89. The van der Waals surface area contributed by atoms with Gasteiger partial charge < -0.3 is 14.8 Å². The highest BCUT2D eigenvalue weighted by atomic mass is 16.5. The second-order valence-electron chi connectivity index (χ2n) is 7.21. The van der Waals surface area contributed by atoms with Crippen LogP contribution in [-0.2, 0) is 9.53 Å². The second kappa shape index (κ2) is 8.04. The highest BCUT2D eigenvalue weighted by Crippen LogP contribution is 2.37. The number of nitrogens with zero attached hydrogens (tertiary/aromatic N) is 1. The van der Waals surface area contributed by atoms with E-state index in [1.54, 1.807) is 13.3 Å². The van der Waals surface area contributed by atoms with Crippen molar-refractivity contribution in [3.8, 4) is 5.75 Å². The Morgan fingerprint density at radius 3 is 2.96 bits per heavy atom. The van der Waals surface area contributed by atoms with Gasteiger partial charge in [-0.15, -0.1) is 0 Å². The molecule has 0 aliphatic heterocycles. The minimum Gasteiger partial charge on any atom is -0.491 e. The first kappa shape index (κ1) is 18.6. The lowest BCUT2D eigenvalue weighted by molar-refractivity contribution is -0.143. The maximum absolute atomic E-state index is 13.1. The van der Waals surface area contributed by atoms with E-state index in [0.717, 1.165) is 54.4 Å². The maximum atomic E-state index is 13.1. The van der Waals surface area contributed by atoms with Gasteiger partial charge in [0.1, 0.15) is 16.9 Å². The van der Waals surface area contributed by atoms with Crippen molar-refractivity contribution < 1.29 is 14.3 Å². The molecule has 1 fully saturated rings. The fraction of sp³-hybridized carbons (Fsp3) is 0.524. The summed E-state index contributed by atoms with van der Waals surface area (Å²) in [6.07, 6.45) is 6.34. The number of carbonyl (C=O) groups excluding carboxylic acids is 1. The van der Waals surface area contributed by atoms with Gasteiger partial charge in [0.05, 0.1) is 12.3 Å². The number of benzene rings is 1. The van der Waals surface area contributed by atoms with Crippen LogP contribution in [0, 0.1) is 5.92 Å². The Kier molecular flexibility index (Phi) is 5.77. The molecule has 0 bridgehead atoms. The van der Waals surface area contributed by atoms with Crippen molar-refractivity contribution in [3.63, 3.8) is 0 Å². The van der Waals surface area contributed by atoms with Gasteiger partial charge in [-0.25, -0.2) is 0 Å². The van der Waals surface area contributed by atoms with Gasteiger partial charge in [0.15, 0.2) is 0 Å². The molecule has 26 heavy (non-hydrogen) atoms. The van der Waals surface area contributed by atoms with Crippen molar-refractivity contribution in [3.05, 3.63) is 30.5 Å². The minimum absolute atomic E-state index is 0.0704. The second-order valence-corrected chi connectivity index (χ2v) is 7.21. The Labute approximate surface area is 155 Å². The van der Waals surface area contributed by atoms with Crippen LogP contribution in [0.15, 0.2) is 30.5 Å². The molecule has 140 valence electrons. The number of hydrogen-bond acceptors (Lipinski definition) is 4. The number of fused-ring (bicyclic) bond motifs is 1. The first-order valence-corrected chi connectivity index (χ1v) is 9.47. The summed E-state index contributed by atoms with van der Waals surface area (Å²) in [5.41, 5.74) is 0.766. The zero-order chi connectivity index (χ0) is 18.6. The number of pyridine rings is 1. The van der Waals surface area contributed by atoms with Gasteiger partial charge in [-0.1, -0.05) is 20.3 Å². The zero-order valence-electron chi connectivity index (χ0n) is 15.9. The largest absolute Gasteiger partial charge is 0.491 e. The van der Waals surface area contributed by atoms with Crippen molar-refractivity contribution in [1.82, 2.24) is 4.98 Å². The third kappa shape index (κ3) is 3.68. The van der Waals surface area contributed by atoms with Gasteiger partial charge in [-0.2, -0.15) is 0 Å². The molecule has 0 spiro atoms. The first-order chi connectivity index (χ1) is 12.6. The van der Waals surface area contributed by atoms with E-state index in [1.165, 1.54) is 0 Å². The maximum Gasteiger partial charge on any atom is 0.256 e. The molecule has 1 heterocycles. The predicted octanol–water partition coefficient (Wildman–Crippen LogP) is 4.56. The number of methoxy groups -OCH3 is 1. The molecule has 1 saturated carbocycles. The third-order valence-corrected chi connectivity index (χ3v) is 5.20. The van der Waals surface area contributed by atoms with Crippen LogP contribution in [0.1, 0.15) is 46.0 Å². The molecular formula is C21H28N2O3. The molecule has 0 radical (unpaired) electrons. The SMILES string of the molecule is CCCOc1ccc(NC(=O)[C@]2(OC)CCC[C@@H](C)C2)c2cccnc12. The van der Waals surface area contributed by atoms with E-state index in [-0.39, 0.29) is 5.91 Å². The summed E-state index contributed by atoms with van der Waals surface area (Å²) < 4.78 is 11.5. The lowest BCUT2D eigenvalue weighted by Crippen LogP contribution is -2.47. The van der Waals surface area contributed by atoms with E-state index in [1.807, 2.05) is 24.3 Å². The standard InChI is InChI=1S/C21H28N2O3/c1-4-13-26-18-10-9-17(16-8-6-12-22-19(16)18)23-20(24)21(25-3)11-5-7-15(2)14-21/h6,8-10,12,15H,4-5,7,11,13-14H2,1-3H3,(H,23,24)/t15-,21+/m1/s1. The lowest BCUT2D eigenvalue weighted by atomic mass is 9.78. The van der Waals surface area contributed by atoms with Crippen LogP contribution in [0.25, 0.3) is 10.9 Å². The number of amides is 1. The Morgan fingerprint density at radius 1 is 1.38 bits per heavy atom. The van der Waals surface area contributed by atoms with Crippen LogP contribution < -0.4 is 10.1 Å². The average Bonchev–Trinajstić information content (AvgIpc) is 2.67. The monoisotopic (exact) mass is 356 g/mol. The van der Waals surface area contributed by atoms with E-state index >= 15 is 0 Å². The summed E-state index contributed by atoms with van der Waals surface area (Å²) in [6, 6.07) is 7.60. The minimum atomic E-state index is -0.746. The number of hydrogen-bond donors (Lipinski definition) is 1. The molecule has 1 aromatic carbocycles. The topological polar surface area (TPSA) is 60.5 Å². The number of carbonyl (C=O) groups is 1. The van der Waals surface area contributed by atoms with Crippen molar-refractivity contribution in [2.24, 2.45) is 5.92 Å². The number of aromatic nitrogens is 1. The predicted molar refractivity (Wildman–Crippen MR) is 104 cm³/mol. The molecule has 1 N–H and O–H groups in total. The first-order valence-electron chi connectivity index (χ1n) is 9.47. The summed E-state index contributed by atoms with van der Waals surface area (Å²) in [5, 5.41) is 3.97. The molecule has 0 unspecified atom stereocenters. The van der Waals surface area contributed by atoms with E-state index in [4.69, 9.17) is 9.47 Å². The molecule has 3 rings (SSSR count). The summed E-state index contributed by atoms with van der Waals surface area (Å²) in [5.74, 6) is 1.16. The Bertz CT molecular complexity index is 777. The third-order valence-electron chi connectivity index (χ3n) is 5.20. The van der Waals surface area contributed by atoms with Gasteiger partial charge in [0, 0.05) is 18.7 Å². The molecule has 5 heteroatoms. The highest BCUT2D eigenvalue weighted by Gasteiger charge is 2.42. The molecule has 1 aromatic heterocycles. The summed E-state index contributed by atoms with van der Waals surface area (Å²) in [7, 11) is 1.64. The number of ether oxygens (including phenoxy) is 2. The van der Waals surface area contributed by atoms with Crippen LogP contribution >= 0.6 is 0 Å². The number of anilines is 1. The fourth-order valence-corrected chi connectivity index (χ4v) is 3.81. The Morgan fingerprint density at radius 2 is 2.23 bits per heavy atom. The number of rotatable bonds is 6. The van der Waals surface area contributed by atoms with Crippen LogP contribution in [0.5, 0.6) is 5.75 Å². The van der Waals surface area contributed by atoms with Crippen LogP contribution in [0.4, 0.5) is 5.69 Å². The van der Waals surface area contributed by atoms with Crippen LogP contribution in [0.2, 0.25) is 0 Å². The Hall–Kier alpha value is -2.14. The van der Waals surface area contributed by atoms with Gasteiger partial charge in [0.2, 0.25) is 0 Å². The molecule has 5 nitrogen and oxygen atoms in total. The van der Waals surface area contributed by atoms with E-state index < -0.39 is 5.60 Å². The van der Waals surface area contributed by atoms with Crippen molar-refractivity contribution in [2.75, 3.05) is 19.0 Å². The van der Waals surface area contributed by atoms with E-state index in [0.29, 0.717) is 12.5 Å². The van der Waals surface area contributed by atoms with Crippen molar-refractivity contribution in [1.29, 1.82) is 0 Å². The van der Waals surface area contributed by atoms with E-state index in [2.05, 4.69) is 24.1 Å². The van der Waals surface area contributed by atoms with Gasteiger partial charge in [0.25, 0.3) is 5.91 Å². The quantitative estimate of drug-likeness (QED) is 0.824. The summed E-state index contributed by atoms with van der Waals surface area (Å²) in [4.78, 5) is 17.5. The van der Waals surface area contributed by atoms with Crippen molar-refractivity contribution >= 4 is 22.5 Å². The molecular weight excluding hydrogens is 328 g/mol. The van der Waals surface area contributed by atoms with Gasteiger partial charge in [-0.05, 0) is 55.9 Å². The molecule has 0 saturated heterocycles. The molecule has 1 aliphatic carbocycles. The van der Waals surface area contributed by atoms with Gasteiger partial charge >= 0.3 is 0 Å². The smallest absolute Gasteiger partial charge is 0.256 e. The molecule has 2 aromatic rings. The fourth-order valence-electron chi connectivity index (χ4n) is 3.81. The summed E-state index contributed by atoms with van der Waals surface area (Å²) >= 11 is 0. The van der Waals surface area contributed by atoms with Crippen LogP contribution in [-0.4, -0.2) is 30.2 Å². The average molecular weight is 356 g/mol. The molecule has 2 atom stereocenters. The highest BCUT2D eigenvalue weighted by molar-refractivity contribution is 6.05. The van der Waals surface area contributed by atoms with E-state index in [9.17, 15) is 4.79 Å². The lowest BCUT2D eigenvalue weighted by Gasteiger charge is -2.37. The Balaban J connectivity index is 1.90. The van der Waals surface area contributed by atoms with Crippen LogP contribution in [0.3, 0.4) is 0 Å². The normalized spacial score (nSPS) is 23.0. The van der Waals surface area contributed by atoms with Crippen molar-refractivity contribution in [2.45, 2.75) is 51.6 Å². The zero-order valence-corrected chi connectivity index (χ0v) is 15.9. The number of nitrogens with one attached hydrogen (secondary N) is 1. The van der Waals surface area contributed by atoms with Gasteiger partial charge in [-0.3, -0.25) is 9.78 Å². The molecule has 1 amide bonds.